The molecule has 0 fully saturated rings. The molecule has 0 heterocycles. The minimum absolute atomic E-state index is 0.0221. The third kappa shape index (κ3) is 5.69. The van der Waals surface area contributed by atoms with Gasteiger partial charge < -0.3 is 0 Å². The molecule has 0 aliphatic carbocycles. The van der Waals surface area contributed by atoms with E-state index >= 15 is 0 Å². The molecular formula is C19H16N6O. The lowest BCUT2D eigenvalue weighted by atomic mass is 10.0. The van der Waals surface area contributed by atoms with Crippen molar-refractivity contribution >= 4 is 29.3 Å². The molecule has 7 nitrogen and oxygen atoms in total. The molecule has 2 rings (SSSR count). The molecule has 0 saturated heterocycles. The summed E-state index contributed by atoms with van der Waals surface area (Å²) in [4.78, 5) is 17.3. The van der Waals surface area contributed by atoms with Crippen LogP contribution in [0.3, 0.4) is 0 Å². The standard InChI is InChI=1S/C19H16N6O/c1-14(26)17(8-2-15-4-10-18(11-5-15)22-24-20)9-3-16-6-12-19(13-7-16)23-25-21/h2-13,17H,1H3/b8-2+,9-3+. The van der Waals surface area contributed by atoms with Crippen LogP contribution in [0, 0.1) is 5.92 Å². The fourth-order valence-corrected chi connectivity index (χ4v) is 2.17. The molecule has 0 radical (unpaired) electrons. The fraction of sp³-hybridized carbons (Fsp3) is 0.105. The Morgan fingerprint density at radius 3 is 1.54 bits per heavy atom. The number of hydrogen-bond acceptors (Lipinski definition) is 3. The summed E-state index contributed by atoms with van der Waals surface area (Å²) in [6.45, 7) is 1.54. The van der Waals surface area contributed by atoms with Gasteiger partial charge in [0.1, 0.15) is 5.78 Å². The van der Waals surface area contributed by atoms with Crippen LogP contribution in [0.5, 0.6) is 0 Å². The Morgan fingerprint density at radius 1 is 0.846 bits per heavy atom. The van der Waals surface area contributed by atoms with Gasteiger partial charge in [-0.05, 0) is 29.1 Å². The van der Waals surface area contributed by atoms with Gasteiger partial charge in [-0.2, -0.15) is 0 Å². The van der Waals surface area contributed by atoms with Crippen molar-refractivity contribution in [2.24, 2.45) is 16.1 Å². The number of nitrogens with zero attached hydrogens (tertiary/aromatic N) is 6. The van der Waals surface area contributed by atoms with Gasteiger partial charge in [-0.1, -0.05) is 83.1 Å². The molecule has 0 unspecified atom stereocenters. The molecule has 2 aromatic carbocycles. The average Bonchev–Trinajstić information content (AvgIpc) is 2.64. The maximum atomic E-state index is 11.9. The molecular weight excluding hydrogens is 328 g/mol. The van der Waals surface area contributed by atoms with Crippen LogP contribution < -0.4 is 0 Å². The van der Waals surface area contributed by atoms with Gasteiger partial charge in [0.25, 0.3) is 0 Å². The van der Waals surface area contributed by atoms with Crippen LogP contribution in [0.15, 0.2) is 70.9 Å². The molecule has 0 spiro atoms. The van der Waals surface area contributed by atoms with Crippen molar-refractivity contribution in [1.82, 2.24) is 0 Å². The van der Waals surface area contributed by atoms with Gasteiger partial charge >= 0.3 is 0 Å². The van der Waals surface area contributed by atoms with Crippen molar-refractivity contribution < 1.29 is 4.79 Å². The molecule has 0 bridgehead atoms. The number of rotatable bonds is 7. The van der Waals surface area contributed by atoms with Gasteiger partial charge in [-0.3, -0.25) is 4.79 Å². The summed E-state index contributed by atoms with van der Waals surface area (Å²) >= 11 is 0. The zero-order valence-corrected chi connectivity index (χ0v) is 14.1. The average molecular weight is 344 g/mol. The summed E-state index contributed by atoms with van der Waals surface area (Å²) in [7, 11) is 0. The van der Waals surface area contributed by atoms with E-state index in [1.165, 1.54) is 6.92 Å². The maximum absolute atomic E-state index is 11.9. The van der Waals surface area contributed by atoms with Crippen LogP contribution in [-0.2, 0) is 4.79 Å². The van der Waals surface area contributed by atoms with Crippen molar-refractivity contribution in [2.45, 2.75) is 6.92 Å². The van der Waals surface area contributed by atoms with E-state index in [1.54, 1.807) is 24.3 Å². The molecule has 26 heavy (non-hydrogen) atoms. The second-order valence-electron chi connectivity index (χ2n) is 5.42. The van der Waals surface area contributed by atoms with Crippen LogP contribution >= 0.6 is 0 Å². The second-order valence-corrected chi connectivity index (χ2v) is 5.42. The van der Waals surface area contributed by atoms with Gasteiger partial charge in [-0.15, -0.1) is 0 Å². The molecule has 0 aliphatic rings. The van der Waals surface area contributed by atoms with Crippen molar-refractivity contribution in [3.8, 4) is 0 Å². The predicted octanol–water partition coefficient (Wildman–Crippen LogP) is 6.50. The first-order chi connectivity index (χ1) is 12.6. The van der Waals surface area contributed by atoms with Crippen LogP contribution in [0.1, 0.15) is 18.1 Å². The number of allylic oxidation sites excluding steroid dienone is 2. The summed E-state index contributed by atoms with van der Waals surface area (Å²) in [6.07, 6.45) is 7.33. The maximum Gasteiger partial charge on any atom is 0.140 e. The fourth-order valence-electron chi connectivity index (χ4n) is 2.17. The second kappa shape index (κ2) is 9.49. The van der Waals surface area contributed by atoms with E-state index in [4.69, 9.17) is 11.1 Å². The Balaban J connectivity index is 2.11. The Hall–Kier alpha value is -3.79. The van der Waals surface area contributed by atoms with Gasteiger partial charge in [0, 0.05) is 21.2 Å². The SMILES string of the molecule is CC(=O)C(/C=C/c1ccc(N=[N+]=[N-])cc1)/C=C/c1ccc(N=[N+]=[N-])cc1. The van der Waals surface area contributed by atoms with Crippen LogP contribution in [0.25, 0.3) is 33.0 Å². The number of benzene rings is 2. The van der Waals surface area contributed by atoms with Crippen molar-refractivity contribution in [1.29, 1.82) is 0 Å². The summed E-state index contributed by atoms with van der Waals surface area (Å²) in [5.41, 5.74) is 19.7. The lowest BCUT2D eigenvalue weighted by Crippen LogP contribution is -2.03. The minimum Gasteiger partial charge on any atom is -0.299 e. The number of Topliss-reactive ketones (excluding diaryl/α,β-unsaturated/α-hetero) is 1. The topological polar surface area (TPSA) is 115 Å². The van der Waals surface area contributed by atoms with Crippen LogP contribution in [0.2, 0.25) is 0 Å². The van der Waals surface area contributed by atoms with E-state index < -0.39 is 0 Å². The van der Waals surface area contributed by atoms with Gasteiger partial charge in [0.15, 0.2) is 0 Å². The summed E-state index contributed by atoms with van der Waals surface area (Å²) < 4.78 is 0. The number of carbonyl (C=O) groups is 1. The Labute approximate surface area is 150 Å². The molecule has 0 saturated carbocycles. The first-order valence-electron chi connectivity index (χ1n) is 7.79. The Morgan fingerprint density at radius 2 is 1.23 bits per heavy atom. The monoisotopic (exact) mass is 344 g/mol. The molecule has 0 aliphatic heterocycles. The highest BCUT2D eigenvalue weighted by molar-refractivity contribution is 5.84. The molecule has 7 heteroatoms. The molecule has 128 valence electrons. The summed E-state index contributed by atoms with van der Waals surface area (Å²) in [6, 6.07) is 14.1. The Bertz CT molecular complexity index is 844. The lowest BCUT2D eigenvalue weighted by molar-refractivity contribution is -0.118. The number of hydrogen-bond donors (Lipinski definition) is 0. The highest BCUT2D eigenvalue weighted by Crippen LogP contribution is 2.17. The minimum atomic E-state index is -0.358. The van der Waals surface area contributed by atoms with Gasteiger partial charge in [0.2, 0.25) is 0 Å². The van der Waals surface area contributed by atoms with E-state index in [0.29, 0.717) is 11.4 Å². The van der Waals surface area contributed by atoms with Crippen molar-refractivity contribution in [3.05, 3.63) is 92.7 Å². The normalized spacial score (nSPS) is 11.7. The zero-order chi connectivity index (χ0) is 18.8. The van der Waals surface area contributed by atoms with Crippen molar-refractivity contribution in [2.75, 3.05) is 0 Å². The van der Waals surface area contributed by atoms with E-state index in [-0.39, 0.29) is 11.7 Å². The first kappa shape index (κ1) is 18.5. The van der Waals surface area contributed by atoms with Crippen LogP contribution in [-0.4, -0.2) is 5.78 Å². The highest BCUT2D eigenvalue weighted by Gasteiger charge is 2.06. The first-order valence-corrected chi connectivity index (χ1v) is 7.79. The number of ketones is 1. The highest BCUT2D eigenvalue weighted by atomic mass is 16.1. The third-order valence-electron chi connectivity index (χ3n) is 3.57. The Kier molecular flexibility index (Phi) is 6.77. The molecule has 0 aromatic heterocycles. The van der Waals surface area contributed by atoms with Gasteiger partial charge in [0.05, 0.1) is 5.92 Å². The largest absolute Gasteiger partial charge is 0.299 e. The predicted molar refractivity (Wildman–Crippen MR) is 103 cm³/mol. The summed E-state index contributed by atoms with van der Waals surface area (Å²) in [5, 5.41) is 7.03. The smallest absolute Gasteiger partial charge is 0.140 e. The number of azide groups is 2. The molecule has 0 atom stereocenters. The van der Waals surface area contributed by atoms with Crippen molar-refractivity contribution in [3.63, 3.8) is 0 Å². The third-order valence-corrected chi connectivity index (χ3v) is 3.57. The van der Waals surface area contributed by atoms with Crippen LogP contribution in [0.4, 0.5) is 11.4 Å². The van der Waals surface area contributed by atoms with E-state index in [9.17, 15) is 4.79 Å². The van der Waals surface area contributed by atoms with Gasteiger partial charge in [-0.25, -0.2) is 0 Å². The lowest BCUT2D eigenvalue weighted by Gasteiger charge is -2.03. The van der Waals surface area contributed by atoms with E-state index in [2.05, 4.69) is 20.1 Å². The zero-order valence-electron chi connectivity index (χ0n) is 14.1. The van der Waals surface area contributed by atoms with E-state index in [1.807, 2.05) is 48.6 Å². The number of carbonyl (C=O) groups excluding carboxylic acids is 1. The quantitative estimate of drug-likeness (QED) is 0.318. The summed E-state index contributed by atoms with van der Waals surface area (Å²) in [5.74, 6) is -0.336. The molecule has 0 amide bonds. The molecule has 0 N–H and O–H groups in total. The molecule has 2 aromatic rings. The van der Waals surface area contributed by atoms with E-state index in [0.717, 1.165) is 11.1 Å².